The van der Waals surface area contributed by atoms with Crippen molar-refractivity contribution in [3.05, 3.63) is 45.1 Å². The first kappa shape index (κ1) is 15.3. The molecule has 0 radical (unpaired) electrons. The minimum Gasteiger partial charge on any atom is -0.333 e. The smallest absolute Gasteiger partial charge is 0.318 e. The monoisotopic (exact) mass is 348 g/mol. The standard InChI is InChI=1S/C12H14BrClN2OS/c1-3-6-16(12(17)15-7-9(2)13)8-10-4-5-11(14)18-10/h3-5H,1-2,6-8H2,(H,15,17). The van der Waals surface area contributed by atoms with Crippen LogP contribution in [-0.2, 0) is 6.54 Å². The molecule has 0 saturated carbocycles. The van der Waals surface area contributed by atoms with Gasteiger partial charge in [-0.05, 0) is 12.1 Å². The molecule has 6 heteroatoms. The third-order valence-electron chi connectivity index (χ3n) is 2.04. The van der Waals surface area contributed by atoms with Gasteiger partial charge in [0, 0.05) is 15.9 Å². The molecular weight excluding hydrogens is 336 g/mol. The molecule has 0 aliphatic heterocycles. The molecule has 0 unspecified atom stereocenters. The summed E-state index contributed by atoms with van der Waals surface area (Å²) in [5, 5.41) is 2.76. The number of carbonyl (C=O) groups is 1. The number of halogens is 2. The Labute approximate surface area is 124 Å². The maximum atomic E-state index is 11.9. The van der Waals surface area contributed by atoms with E-state index in [1.165, 1.54) is 11.3 Å². The molecule has 98 valence electrons. The molecule has 2 amide bonds. The van der Waals surface area contributed by atoms with E-state index in [-0.39, 0.29) is 6.03 Å². The van der Waals surface area contributed by atoms with Crippen LogP contribution in [-0.4, -0.2) is 24.0 Å². The number of urea groups is 1. The Kier molecular flexibility index (Phi) is 6.46. The van der Waals surface area contributed by atoms with Crippen molar-refractivity contribution in [2.24, 2.45) is 0 Å². The number of rotatable bonds is 6. The highest BCUT2D eigenvalue weighted by atomic mass is 79.9. The Bertz CT molecular complexity index is 447. The molecular formula is C12H14BrClN2OS. The lowest BCUT2D eigenvalue weighted by molar-refractivity contribution is 0.202. The van der Waals surface area contributed by atoms with Gasteiger partial charge in [-0.2, -0.15) is 0 Å². The van der Waals surface area contributed by atoms with E-state index in [2.05, 4.69) is 34.4 Å². The highest BCUT2D eigenvalue weighted by Gasteiger charge is 2.13. The van der Waals surface area contributed by atoms with E-state index in [1.54, 1.807) is 11.0 Å². The molecule has 1 N–H and O–H groups in total. The SMILES string of the molecule is C=CCN(Cc1ccc(Cl)s1)C(=O)NCC(=C)Br. The van der Waals surface area contributed by atoms with Crippen LogP contribution in [0.5, 0.6) is 0 Å². The second kappa shape index (κ2) is 7.61. The fourth-order valence-corrected chi connectivity index (χ4v) is 2.53. The summed E-state index contributed by atoms with van der Waals surface area (Å²) < 4.78 is 1.45. The third-order valence-corrected chi connectivity index (χ3v) is 3.54. The third kappa shape index (κ3) is 5.25. The first-order chi connectivity index (χ1) is 8.52. The topological polar surface area (TPSA) is 32.3 Å². The summed E-state index contributed by atoms with van der Waals surface area (Å²) in [4.78, 5) is 14.6. The molecule has 1 aromatic heterocycles. The maximum Gasteiger partial charge on any atom is 0.318 e. The summed E-state index contributed by atoms with van der Waals surface area (Å²) in [7, 11) is 0. The fourth-order valence-electron chi connectivity index (χ4n) is 1.28. The van der Waals surface area contributed by atoms with Gasteiger partial charge in [0.15, 0.2) is 0 Å². The number of nitrogens with zero attached hydrogens (tertiary/aromatic N) is 1. The van der Waals surface area contributed by atoms with Gasteiger partial charge in [-0.15, -0.1) is 17.9 Å². The number of hydrogen-bond acceptors (Lipinski definition) is 2. The van der Waals surface area contributed by atoms with E-state index in [4.69, 9.17) is 11.6 Å². The number of amides is 2. The van der Waals surface area contributed by atoms with Crippen molar-refractivity contribution in [1.29, 1.82) is 0 Å². The normalized spacial score (nSPS) is 9.89. The van der Waals surface area contributed by atoms with Crippen LogP contribution < -0.4 is 5.32 Å². The van der Waals surface area contributed by atoms with E-state index in [1.807, 2.05) is 12.1 Å². The molecule has 18 heavy (non-hydrogen) atoms. The zero-order valence-corrected chi connectivity index (χ0v) is 12.9. The van der Waals surface area contributed by atoms with Gasteiger partial charge in [0.2, 0.25) is 0 Å². The van der Waals surface area contributed by atoms with Crippen molar-refractivity contribution in [2.75, 3.05) is 13.1 Å². The Hall–Kier alpha value is -0.780. The van der Waals surface area contributed by atoms with Crippen LogP contribution in [0.4, 0.5) is 4.79 Å². The summed E-state index contributed by atoms with van der Waals surface area (Å²) >= 11 is 10.5. The minimum absolute atomic E-state index is 0.153. The molecule has 0 bridgehead atoms. The summed E-state index contributed by atoms with van der Waals surface area (Å²) in [5.74, 6) is 0. The summed E-state index contributed by atoms with van der Waals surface area (Å²) in [6.07, 6.45) is 1.69. The van der Waals surface area contributed by atoms with Gasteiger partial charge in [0.05, 0.1) is 17.4 Å². The number of carbonyl (C=O) groups excluding carboxylic acids is 1. The van der Waals surface area contributed by atoms with Gasteiger partial charge >= 0.3 is 6.03 Å². The molecule has 0 saturated heterocycles. The first-order valence-electron chi connectivity index (χ1n) is 5.24. The van der Waals surface area contributed by atoms with Crippen molar-refractivity contribution < 1.29 is 4.79 Å². The van der Waals surface area contributed by atoms with Gasteiger partial charge in [-0.3, -0.25) is 0 Å². The predicted molar refractivity (Wildman–Crippen MR) is 81.4 cm³/mol. The van der Waals surface area contributed by atoms with Gasteiger partial charge in [0.1, 0.15) is 0 Å². The van der Waals surface area contributed by atoms with Crippen molar-refractivity contribution >= 4 is 44.9 Å². The van der Waals surface area contributed by atoms with E-state index < -0.39 is 0 Å². The van der Waals surface area contributed by atoms with E-state index in [0.29, 0.717) is 19.6 Å². The van der Waals surface area contributed by atoms with Crippen LogP contribution >= 0.6 is 38.9 Å². The summed E-state index contributed by atoms with van der Waals surface area (Å²) in [5.41, 5.74) is 0. The zero-order valence-electron chi connectivity index (χ0n) is 9.79. The number of nitrogens with one attached hydrogen (secondary N) is 1. The number of thiophene rings is 1. The van der Waals surface area contributed by atoms with E-state index >= 15 is 0 Å². The van der Waals surface area contributed by atoms with Gasteiger partial charge in [0.25, 0.3) is 0 Å². The Morgan fingerprint density at radius 3 is 2.83 bits per heavy atom. The van der Waals surface area contributed by atoms with Crippen LogP contribution in [0.25, 0.3) is 0 Å². The largest absolute Gasteiger partial charge is 0.333 e. The second-order valence-corrected chi connectivity index (χ2v) is 6.47. The van der Waals surface area contributed by atoms with Crippen molar-refractivity contribution in [1.82, 2.24) is 10.2 Å². The predicted octanol–water partition coefficient (Wildman–Crippen LogP) is 4.01. The lowest BCUT2D eigenvalue weighted by atomic mass is 10.4. The molecule has 1 heterocycles. The first-order valence-corrected chi connectivity index (χ1v) is 7.23. The number of hydrogen-bond donors (Lipinski definition) is 1. The van der Waals surface area contributed by atoms with E-state index in [9.17, 15) is 4.79 Å². The van der Waals surface area contributed by atoms with Crippen LogP contribution in [0, 0.1) is 0 Å². The van der Waals surface area contributed by atoms with Crippen molar-refractivity contribution in [2.45, 2.75) is 6.54 Å². The lowest BCUT2D eigenvalue weighted by Crippen LogP contribution is -2.39. The Balaban J connectivity index is 2.61. The van der Waals surface area contributed by atoms with E-state index in [0.717, 1.165) is 13.7 Å². The molecule has 1 rings (SSSR count). The quantitative estimate of drug-likeness (QED) is 0.773. The molecule has 0 atom stereocenters. The molecule has 0 aliphatic carbocycles. The van der Waals surface area contributed by atoms with Crippen molar-refractivity contribution in [3.8, 4) is 0 Å². The van der Waals surface area contributed by atoms with Crippen LogP contribution in [0.3, 0.4) is 0 Å². The van der Waals surface area contributed by atoms with Crippen LogP contribution in [0.2, 0.25) is 4.34 Å². The minimum atomic E-state index is -0.153. The highest BCUT2D eigenvalue weighted by Crippen LogP contribution is 2.22. The zero-order chi connectivity index (χ0) is 13.5. The Morgan fingerprint density at radius 1 is 1.61 bits per heavy atom. The average molecular weight is 350 g/mol. The summed E-state index contributed by atoms with van der Waals surface area (Å²) in [6.45, 7) is 8.72. The van der Waals surface area contributed by atoms with Gasteiger partial charge in [-0.1, -0.05) is 40.2 Å². The molecule has 1 aromatic rings. The molecule has 0 fully saturated rings. The summed E-state index contributed by atoms with van der Waals surface area (Å²) in [6, 6.07) is 3.59. The van der Waals surface area contributed by atoms with Gasteiger partial charge in [-0.25, -0.2) is 4.79 Å². The molecule has 3 nitrogen and oxygen atoms in total. The lowest BCUT2D eigenvalue weighted by Gasteiger charge is -2.20. The molecule has 0 spiro atoms. The second-order valence-electron chi connectivity index (χ2n) is 3.55. The highest BCUT2D eigenvalue weighted by molar-refractivity contribution is 9.11. The van der Waals surface area contributed by atoms with Crippen LogP contribution in [0.15, 0.2) is 35.8 Å². The Morgan fingerprint density at radius 2 is 2.33 bits per heavy atom. The maximum absolute atomic E-state index is 11.9. The fraction of sp³-hybridized carbons (Fsp3) is 0.250. The van der Waals surface area contributed by atoms with Crippen LogP contribution in [0.1, 0.15) is 4.88 Å². The molecule has 0 aromatic carbocycles. The van der Waals surface area contributed by atoms with Crippen molar-refractivity contribution in [3.63, 3.8) is 0 Å². The van der Waals surface area contributed by atoms with Gasteiger partial charge < -0.3 is 10.2 Å². The molecule has 0 aliphatic rings. The average Bonchev–Trinajstić information content (AvgIpc) is 2.71.